The average Bonchev–Trinajstić information content (AvgIpc) is 3.31. The van der Waals surface area contributed by atoms with E-state index in [1.54, 1.807) is 11.3 Å². The predicted molar refractivity (Wildman–Crippen MR) is 92.4 cm³/mol. The van der Waals surface area contributed by atoms with Crippen LogP contribution in [0.1, 0.15) is 36.7 Å². The largest absolute Gasteiger partial charge is 0.340 e. The summed E-state index contributed by atoms with van der Waals surface area (Å²) in [6, 6.07) is 10.2. The second-order valence-corrected chi connectivity index (χ2v) is 6.80. The number of aromatic nitrogens is 2. The number of para-hydroxylation sites is 2. The van der Waals surface area contributed by atoms with Crippen LogP contribution in [0.3, 0.4) is 0 Å². The number of H-pyrrole nitrogens is 1. The van der Waals surface area contributed by atoms with Crippen molar-refractivity contribution in [2.75, 3.05) is 6.54 Å². The number of imidazole rings is 1. The van der Waals surface area contributed by atoms with Crippen molar-refractivity contribution >= 4 is 28.3 Å². The van der Waals surface area contributed by atoms with Gasteiger partial charge in [-0.15, -0.1) is 0 Å². The third-order valence-electron chi connectivity index (χ3n) is 4.50. The minimum atomic E-state index is 0.0948. The first kappa shape index (κ1) is 14.5. The topological polar surface area (TPSA) is 49.0 Å². The minimum Gasteiger partial charge on any atom is -0.340 e. The summed E-state index contributed by atoms with van der Waals surface area (Å²) in [7, 11) is 0. The van der Waals surface area contributed by atoms with E-state index >= 15 is 0 Å². The van der Waals surface area contributed by atoms with Gasteiger partial charge in [-0.3, -0.25) is 4.79 Å². The molecule has 23 heavy (non-hydrogen) atoms. The summed E-state index contributed by atoms with van der Waals surface area (Å²) in [5.74, 6) is 1.16. The molecule has 0 saturated carbocycles. The van der Waals surface area contributed by atoms with E-state index < -0.39 is 0 Å². The van der Waals surface area contributed by atoms with E-state index in [2.05, 4.69) is 26.8 Å². The Balaban J connectivity index is 1.50. The third kappa shape index (κ3) is 2.88. The Morgan fingerprint density at radius 2 is 2.26 bits per heavy atom. The Labute approximate surface area is 139 Å². The molecule has 1 aliphatic rings. The SMILES string of the molecule is O=C(CCc1ccsc1)N1CCCC1c1nc2ccccc2[nH]1. The smallest absolute Gasteiger partial charge is 0.223 e. The van der Waals surface area contributed by atoms with Gasteiger partial charge in [0.15, 0.2) is 0 Å². The zero-order valence-electron chi connectivity index (χ0n) is 12.9. The number of benzene rings is 1. The number of likely N-dealkylation sites (tertiary alicyclic amines) is 1. The van der Waals surface area contributed by atoms with Crippen molar-refractivity contribution in [2.45, 2.75) is 31.7 Å². The van der Waals surface area contributed by atoms with Crippen LogP contribution in [-0.4, -0.2) is 27.3 Å². The molecule has 1 atom stereocenters. The van der Waals surface area contributed by atoms with Crippen molar-refractivity contribution < 1.29 is 4.79 Å². The zero-order chi connectivity index (χ0) is 15.6. The summed E-state index contributed by atoms with van der Waals surface area (Å²) in [5.41, 5.74) is 3.27. The van der Waals surface area contributed by atoms with Gasteiger partial charge in [-0.25, -0.2) is 4.98 Å². The van der Waals surface area contributed by atoms with Gasteiger partial charge >= 0.3 is 0 Å². The lowest BCUT2D eigenvalue weighted by atomic mass is 10.1. The highest BCUT2D eigenvalue weighted by Crippen LogP contribution is 2.32. The van der Waals surface area contributed by atoms with Crippen LogP contribution in [0.4, 0.5) is 0 Å². The van der Waals surface area contributed by atoms with Crippen LogP contribution in [0.25, 0.3) is 11.0 Å². The number of hydrogen-bond donors (Lipinski definition) is 1. The molecule has 5 heteroatoms. The first-order chi connectivity index (χ1) is 11.3. The predicted octanol–water partition coefficient (Wildman–Crippen LogP) is 3.92. The van der Waals surface area contributed by atoms with E-state index in [1.807, 2.05) is 29.2 Å². The molecule has 4 rings (SSSR count). The molecule has 1 fully saturated rings. The lowest BCUT2D eigenvalue weighted by Gasteiger charge is -2.23. The summed E-state index contributed by atoms with van der Waals surface area (Å²) in [6.07, 6.45) is 3.44. The Morgan fingerprint density at radius 1 is 1.35 bits per heavy atom. The van der Waals surface area contributed by atoms with Crippen LogP contribution in [0.15, 0.2) is 41.1 Å². The van der Waals surface area contributed by atoms with Gasteiger partial charge in [0.2, 0.25) is 5.91 Å². The molecular weight excluding hydrogens is 306 g/mol. The van der Waals surface area contributed by atoms with E-state index in [0.717, 1.165) is 42.7 Å². The van der Waals surface area contributed by atoms with Gasteiger partial charge < -0.3 is 9.88 Å². The molecule has 0 bridgehead atoms. The number of amides is 1. The maximum absolute atomic E-state index is 12.6. The number of thiophene rings is 1. The molecule has 1 N–H and O–H groups in total. The summed E-state index contributed by atoms with van der Waals surface area (Å²) < 4.78 is 0. The second-order valence-electron chi connectivity index (χ2n) is 6.02. The van der Waals surface area contributed by atoms with Crippen molar-refractivity contribution in [3.05, 3.63) is 52.5 Å². The van der Waals surface area contributed by atoms with Gasteiger partial charge in [-0.05, 0) is 53.8 Å². The van der Waals surface area contributed by atoms with Crippen molar-refractivity contribution in [2.24, 2.45) is 0 Å². The van der Waals surface area contributed by atoms with Gasteiger partial charge in [0.05, 0.1) is 17.1 Å². The van der Waals surface area contributed by atoms with E-state index in [-0.39, 0.29) is 11.9 Å². The van der Waals surface area contributed by atoms with Crippen LogP contribution in [0.2, 0.25) is 0 Å². The second kappa shape index (κ2) is 6.16. The number of carbonyl (C=O) groups is 1. The molecule has 0 radical (unpaired) electrons. The molecule has 1 amide bonds. The summed E-state index contributed by atoms with van der Waals surface area (Å²) in [6.45, 7) is 0.837. The lowest BCUT2D eigenvalue weighted by molar-refractivity contribution is -0.132. The van der Waals surface area contributed by atoms with Gasteiger partial charge in [-0.2, -0.15) is 11.3 Å². The molecule has 0 aliphatic carbocycles. The van der Waals surface area contributed by atoms with E-state index in [4.69, 9.17) is 0 Å². The molecule has 1 unspecified atom stereocenters. The van der Waals surface area contributed by atoms with E-state index in [1.165, 1.54) is 5.56 Å². The number of nitrogens with zero attached hydrogens (tertiary/aromatic N) is 2. The summed E-state index contributed by atoms with van der Waals surface area (Å²) in [4.78, 5) is 22.7. The maximum Gasteiger partial charge on any atom is 0.223 e. The van der Waals surface area contributed by atoms with E-state index in [9.17, 15) is 4.79 Å². The fraction of sp³-hybridized carbons (Fsp3) is 0.333. The molecule has 2 aromatic heterocycles. The molecule has 0 spiro atoms. The maximum atomic E-state index is 12.6. The van der Waals surface area contributed by atoms with Crippen molar-refractivity contribution in [3.63, 3.8) is 0 Å². The van der Waals surface area contributed by atoms with Gasteiger partial charge in [-0.1, -0.05) is 12.1 Å². The molecule has 3 heterocycles. The number of nitrogens with one attached hydrogen (secondary N) is 1. The summed E-state index contributed by atoms with van der Waals surface area (Å²) >= 11 is 1.68. The normalized spacial score (nSPS) is 17.9. The highest BCUT2D eigenvalue weighted by atomic mass is 32.1. The molecular formula is C18H19N3OS. The Kier molecular flexibility index (Phi) is 3.87. The number of fused-ring (bicyclic) bond motifs is 1. The fourth-order valence-corrected chi connectivity index (χ4v) is 4.01. The highest BCUT2D eigenvalue weighted by molar-refractivity contribution is 7.07. The van der Waals surface area contributed by atoms with Crippen LogP contribution in [0, 0.1) is 0 Å². The van der Waals surface area contributed by atoms with Crippen LogP contribution in [0.5, 0.6) is 0 Å². The van der Waals surface area contributed by atoms with Gasteiger partial charge in [0.1, 0.15) is 5.82 Å². The molecule has 4 nitrogen and oxygen atoms in total. The number of aromatic amines is 1. The quantitative estimate of drug-likeness (QED) is 0.790. The van der Waals surface area contributed by atoms with Crippen LogP contribution >= 0.6 is 11.3 Å². The van der Waals surface area contributed by atoms with E-state index in [0.29, 0.717) is 6.42 Å². The van der Waals surface area contributed by atoms with Crippen LogP contribution in [-0.2, 0) is 11.2 Å². The van der Waals surface area contributed by atoms with Gasteiger partial charge in [0, 0.05) is 13.0 Å². The number of rotatable bonds is 4. The molecule has 1 aromatic carbocycles. The lowest BCUT2D eigenvalue weighted by Crippen LogP contribution is -2.31. The summed E-state index contributed by atoms with van der Waals surface area (Å²) in [5, 5.41) is 4.18. The Bertz CT molecular complexity index is 776. The molecule has 1 saturated heterocycles. The standard InChI is InChI=1S/C18H19N3OS/c22-17(8-7-13-9-11-23-12-13)21-10-3-6-16(21)18-19-14-4-1-2-5-15(14)20-18/h1-2,4-5,9,11-12,16H,3,6-8,10H2,(H,19,20). The average molecular weight is 325 g/mol. The number of aryl methyl sites for hydroxylation is 1. The Hall–Kier alpha value is -2.14. The monoisotopic (exact) mass is 325 g/mol. The number of hydrogen-bond acceptors (Lipinski definition) is 3. The molecule has 3 aromatic rings. The molecule has 1 aliphatic heterocycles. The Morgan fingerprint density at radius 3 is 3.09 bits per heavy atom. The fourth-order valence-electron chi connectivity index (χ4n) is 3.31. The van der Waals surface area contributed by atoms with Crippen molar-refractivity contribution in [1.82, 2.24) is 14.9 Å². The highest BCUT2D eigenvalue weighted by Gasteiger charge is 2.31. The number of carbonyl (C=O) groups excluding carboxylic acids is 1. The minimum absolute atomic E-state index is 0.0948. The molecule has 118 valence electrons. The third-order valence-corrected chi connectivity index (χ3v) is 5.24. The zero-order valence-corrected chi connectivity index (χ0v) is 13.7. The van der Waals surface area contributed by atoms with Crippen LogP contribution < -0.4 is 0 Å². The van der Waals surface area contributed by atoms with Crippen molar-refractivity contribution in [1.29, 1.82) is 0 Å². The first-order valence-electron chi connectivity index (χ1n) is 8.06. The first-order valence-corrected chi connectivity index (χ1v) is 9.01. The van der Waals surface area contributed by atoms with Gasteiger partial charge in [0.25, 0.3) is 0 Å². The van der Waals surface area contributed by atoms with Crippen molar-refractivity contribution in [3.8, 4) is 0 Å².